The van der Waals surface area contributed by atoms with Gasteiger partial charge in [-0.1, -0.05) is 6.07 Å². The number of anilines is 2. The molecule has 8 heteroatoms. The second kappa shape index (κ2) is 5.95. The van der Waals surface area contributed by atoms with E-state index in [1.165, 1.54) is 24.5 Å². The molecule has 0 aliphatic heterocycles. The molecule has 21 heavy (non-hydrogen) atoms. The van der Waals surface area contributed by atoms with Crippen LogP contribution in [0.1, 0.15) is 16.1 Å². The summed E-state index contributed by atoms with van der Waals surface area (Å²) >= 11 is 0. The van der Waals surface area contributed by atoms with E-state index in [0.717, 1.165) is 0 Å². The molecule has 2 N–H and O–H groups in total. The number of nitrogens with one attached hydrogen (secondary N) is 2. The second-order valence-corrected chi connectivity index (χ2v) is 4.20. The number of rotatable bonds is 4. The predicted octanol–water partition coefficient (Wildman–Crippen LogP) is 1.99. The molecule has 0 unspecified atom stereocenters. The number of benzene rings is 1. The van der Waals surface area contributed by atoms with Gasteiger partial charge < -0.3 is 10.6 Å². The van der Waals surface area contributed by atoms with E-state index in [0.29, 0.717) is 17.1 Å². The molecule has 1 aromatic heterocycles. The van der Waals surface area contributed by atoms with Crippen molar-refractivity contribution in [2.75, 3.05) is 17.7 Å². The zero-order valence-corrected chi connectivity index (χ0v) is 11.5. The molecule has 0 radical (unpaired) electrons. The summed E-state index contributed by atoms with van der Waals surface area (Å²) in [7, 11) is 1.69. The third-order valence-corrected chi connectivity index (χ3v) is 2.89. The Bertz CT molecular complexity index is 685. The standard InChI is InChI=1S/C13H13N5O3/c1-8-9(4-3-5-11(8)18(20)21)17-13(19)10-6-16-12(14-2)7-15-10/h3-7H,1-2H3,(H,14,16)(H,17,19). The average molecular weight is 287 g/mol. The molecule has 1 heterocycles. The average Bonchev–Trinajstić information content (AvgIpc) is 2.49. The Hall–Kier alpha value is -3.03. The van der Waals surface area contributed by atoms with Crippen molar-refractivity contribution < 1.29 is 9.72 Å². The van der Waals surface area contributed by atoms with Gasteiger partial charge in [0.15, 0.2) is 0 Å². The van der Waals surface area contributed by atoms with Crippen LogP contribution in [0.5, 0.6) is 0 Å². The first-order valence-electron chi connectivity index (χ1n) is 6.08. The molecule has 0 aliphatic carbocycles. The lowest BCUT2D eigenvalue weighted by atomic mass is 10.1. The van der Waals surface area contributed by atoms with Gasteiger partial charge in [-0.05, 0) is 13.0 Å². The second-order valence-electron chi connectivity index (χ2n) is 4.20. The SMILES string of the molecule is CNc1cnc(C(=O)Nc2cccc([N+](=O)[O-])c2C)cn1. The number of nitro benzene ring substituents is 1. The van der Waals surface area contributed by atoms with E-state index in [9.17, 15) is 14.9 Å². The highest BCUT2D eigenvalue weighted by molar-refractivity contribution is 6.03. The molecule has 108 valence electrons. The van der Waals surface area contributed by atoms with Crippen LogP contribution in [0.4, 0.5) is 17.2 Å². The van der Waals surface area contributed by atoms with Crippen LogP contribution in [0.25, 0.3) is 0 Å². The largest absolute Gasteiger partial charge is 0.372 e. The van der Waals surface area contributed by atoms with Gasteiger partial charge >= 0.3 is 0 Å². The summed E-state index contributed by atoms with van der Waals surface area (Å²) in [5.74, 6) is 0.0619. The van der Waals surface area contributed by atoms with Crippen molar-refractivity contribution in [2.24, 2.45) is 0 Å². The smallest absolute Gasteiger partial charge is 0.275 e. The number of nitro groups is 1. The molecule has 1 aromatic carbocycles. The number of carbonyl (C=O) groups excluding carboxylic acids is 1. The van der Waals surface area contributed by atoms with Gasteiger partial charge in [0.1, 0.15) is 11.5 Å². The molecular weight excluding hydrogens is 274 g/mol. The van der Waals surface area contributed by atoms with E-state index in [4.69, 9.17) is 0 Å². The topological polar surface area (TPSA) is 110 Å². The summed E-state index contributed by atoms with van der Waals surface area (Å²) < 4.78 is 0. The van der Waals surface area contributed by atoms with E-state index in [1.807, 2.05) is 0 Å². The minimum absolute atomic E-state index is 0.0515. The van der Waals surface area contributed by atoms with Crippen molar-refractivity contribution in [3.05, 3.63) is 52.0 Å². The molecule has 0 atom stereocenters. The zero-order valence-electron chi connectivity index (χ0n) is 11.5. The van der Waals surface area contributed by atoms with Gasteiger partial charge in [-0.15, -0.1) is 0 Å². The molecule has 0 saturated heterocycles. The molecule has 0 fully saturated rings. The van der Waals surface area contributed by atoms with E-state index in [1.54, 1.807) is 20.0 Å². The molecular formula is C13H13N5O3. The lowest BCUT2D eigenvalue weighted by Crippen LogP contribution is -2.15. The summed E-state index contributed by atoms with van der Waals surface area (Å²) in [6.45, 7) is 1.57. The van der Waals surface area contributed by atoms with Crippen molar-refractivity contribution in [3.63, 3.8) is 0 Å². The van der Waals surface area contributed by atoms with Gasteiger partial charge in [0, 0.05) is 13.1 Å². The molecule has 0 bridgehead atoms. The Morgan fingerprint density at radius 3 is 2.62 bits per heavy atom. The van der Waals surface area contributed by atoms with Crippen molar-refractivity contribution >= 4 is 23.1 Å². The van der Waals surface area contributed by atoms with Crippen LogP contribution >= 0.6 is 0 Å². The summed E-state index contributed by atoms with van der Waals surface area (Å²) in [5, 5.41) is 16.2. The van der Waals surface area contributed by atoms with Crippen molar-refractivity contribution in [2.45, 2.75) is 6.92 Å². The zero-order chi connectivity index (χ0) is 15.4. The Kier molecular flexibility index (Phi) is 4.07. The van der Waals surface area contributed by atoms with Gasteiger partial charge in [-0.3, -0.25) is 14.9 Å². The summed E-state index contributed by atoms with van der Waals surface area (Å²) in [6, 6.07) is 4.48. The van der Waals surface area contributed by atoms with Crippen molar-refractivity contribution in [3.8, 4) is 0 Å². The van der Waals surface area contributed by atoms with Crippen LogP contribution in [-0.4, -0.2) is 27.8 Å². The lowest BCUT2D eigenvalue weighted by molar-refractivity contribution is -0.385. The van der Waals surface area contributed by atoms with Crippen LogP contribution in [0.3, 0.4) is 0 Å². The number of nitrogens with zero attached hydrogens (tertiary/aromatic N) is 3. The normalized spacial score (nSPS) is 10.0. The van der Waals surface area contributed by atoms with Gasteiger partial charge in [0.2, 0.25) is 0 Å². The van der Waals surface area contributed by atoms with E-state index < -0.39 is 10.8 Å². The quantitative estimate of drug-likeness (QED) is 0.657. The third kappa shape index (κ3) is 3.11. The fourth-order valence-corrected chi connectivity index (χ4v) is 1.72. The van der Waals surface area contributed by atoms with Crippen LogP contribution in [-0.2, 0) is 0 Å². The highest BCUT2D eigenvalue weighted by atomic mass is 16.6. The maximum Gasteiger partial charge on any atom is 0.275 e. The fourth-order valence-electron chi connectivity index (χ4n) is 1.72. The summed E-state index contributed by atoms with van der Waals surface area (Å²) in [6.07, 6.45) is 2.75. The van der Waals surface area contributed by atoms with E-state index >= 15 is 0 Å². The molecule has 0 aliphatic rings. The Balaban J connectivity index is 2.23. The highest BCUT2D eigenvalue weighted by Gasteiger charge is 2.16. The van der Waals surface area contributed by atoms with E-state index in [-0.39, 0.29) is 11.4 Å². The number of carbonyl (C=O) groups is 1. The lowest BCUT2D eigenvalue weighted by Gasteiger charge is -2.08. The van der Waals surface area contributed by atoms with Crippen molar-refractivity contribution in [1.82, 2.24) is 9.97 Å². The van der Waals surface area contributed by atoms with Gasteiger partial charge in [0.05, 0.1) is 28.6 Å². The van der Waals surface area contributed by atoms with Crippen LogP contribution in [0, 0.1) is 17.0 Å². The molecule has 0 spiro atoms. The number of aromatic nitrogens is 2. The third-order valence-electron chi connectivity index (χ3n) is 2.89. The molecule has 0 saturated carbocycles. The van der Waals surface area contributed by atoms with Gasteiger partial charge in [-0.25, -0.2) is 9.97 Å². The first-order chi connectivity index (χ1) is 10.0. The van der Waals surface area contributed by atoms with Crippen molar-refractivity contribution in [1.29, 1.82) is 0 Å². The predicted molar refractivity (Wildman–Crippen MR) is 77.4 cm³/mol. The van der Waals surface area contributed by atoms with Gasteiger partial charge in [0.25, 0.3) is 11.6 Å². The minimum Gasteiger partial charge on any atom is -0.372 e. The minimum atomic E-state index is -0.494. The summed E-state index contributed by atoms with van der Waals surface area (Å²) in [5.41, 5.74) is 0.827. The van der Waals surface area contributed by atoms with Crippen LogP contribution in [0.15, 0.2) is 30.6 Å². The molecule has 2 rings (SSSR count). The molecule has 8 nitrogen and oxygen atoms in total. The van der Waals surface area contributed by atoms with Crippen LogP contribution < -0.4 is 10.6 Å². The Morgan fingerprint density at radius 2 is 2.05 bits per heavy atom. The fraction of sp³-hybridized carbons (Fsp3) is 0.154. The summed E-state index contributed by atoms with van der Waals surface area (Å²) in [4.78, 5) is 30.4. The first kappa shape index (κ1) is 14.4. The number of amides is 1. The van der Waals surface area contributed by atoms with Gasteiger partial charge in [-0.2, -0.15) is 0 Å². The maximum absolute atomic E-state index is 12.0. The molecule has 1 amide bonds. The number of hydrogen-bond acceptors (Lipinski definition) is 6. The first-order valence-corrected chi connectivity index (χ1v) is 6.08. The van der Waals surface area contributed by atoms with E-state index in [2.05, 4.69) is 20.6 Å². The Morgan fingerprint density at radius 1 is 1.29 bits per heavy atom. The number of hydrogen-bond donors (Lipinski definition) is 2. The van der Waals surface area contributed by atoms with Crippen LogP contribution in [0.2, 0.25) is 0 Å². The Labute approximate surface area is 120 Å². The molecule has 2 aromatic rings. The maximum atomic E-state index is 12.0. The highest BCUT2D eigenvalue weighted by Crippen LogP contribution is 2.25. The monoisotopic (exact) mass is 287 g/mol.